The molecule has 0 heterocycles. The van der Waals surface area contributed by atoms with Crippen LogP contribution in [0.15, 0.2) is 0 Å². The van der Waals surface area contributed by atoms with E-state index in [1.54, 1.807) is 0 Å². The molecular formula is C5H11ClO. The van der Waals surface area contributed by atoms with Crippen molar-refractivity contribution in [2.45, 2.75) is 13.3 Å². The predicted octanol–water partition coefficient (Wildman–Crippen LogP) is 1.24. The number of hydrogen-bond acceptors (Lipinski definition) is 1. The molecule has 1 nitrogen and oxygen atoms in total. The van der Waals surface area contributed by atoms with E-state index >= 15 is 0 Å². The van der Waals surface area contributed by atoms with Gasteiger partial charge in [-0.3, -0.25) is 0 Å². The van der Waals surface area contributed by atoms with Gasteiger partial charge >= 0.3 is 0 Å². The maximum absolute atomic E-state index is 8.41. The Morgan fingerprint density at radius 1 is 1.71 bits per heavy atom. The van der Waals surface area contributed by atoms with E-state index in [-0.39, 0.29) is 6.61 Å². The summed E-state index contributed by atoms with van der Waals surface area (Å²) in [5.41, 5.74) is 0. The van der Waals surface area contributed by atoms with Crippen molar-refractivity contribution in [3.8, 4) is 0 Å². The van der Waals surface area contributed by atoms with Gasteiger partial charge in [0.2, 0.25) is 0 Å². The first-order valence-corrected chi connectivity index (χ1v) is 3.01. The average Bonchev–Trinajstić information content (AvgIpc) is 1.68. The number of rotatable bonds is 3. The lowest BCUT2D eigenvalue weighted by Gasteiger charge is -2.00. The molecule has 0 bridgehead atoms. The largest absolute Gasteiger partial charge is 0.396 e. The van der Waals surface area contributed by atoms with E-state index in [2.05, 4.69) is 0 Å². The van der Waals surface area contributed by atoms with Crippen molar-refractivity contribution in [2.24, 2.45) is 5.92 Å². The van der Waals surface area contributed by atoms with E-state index in [0.29, 0.717) is 11.8 Å². The minimum Gasteiger partial charge on any atom is -0.396 e. The van der Waals surface area contributed by atoms with Gasteiger partial charge in [0, 0.05) is 12.5 Å². The lowest BCUT2D eigenvalue weighted by Crippen LogP contribution is -1.99. The van der Waals surface area contributed by atoms with E-state index in [1.165, 1.54) is 0 Å². The molecule has 0 aliphatic heterocycles. The first kappa shape index (κ1) is 7.25. The Bertz CT molecular complexity index is 39.1. The van der Waals surface area contributed by atoms with Gasteiger partial charge in [-0.15, -0.1) is 11.6 Å². The number of alkyl halides is 1. The Hall–Kier alpha value is 0.250. The Labute approximate surface area is 49.3 Å². The number of hydrogen-bond donors (Lipinski definition) is 1. The molecule has 1 atom stereocenters. The maximum atomic E-state index is 8.41. The first-order valence-electron chi connectivity index (χ1n) is 2.48. The SMILES string of the molecule is CC(CO)CCCl. The summed E-state index contributed by atoms with van der Waals surface area (Å²) in [4.78, 5) is 0. The van der Waals surface area contributed by atoms with Crippen LogP contribution >= 0.6 is 11.6 Å². The monoisotopic (exact) mass is 122 g/mol. The molecule has 44 valence electrons. The first-order chi connectivity index (χ1) is 3.31. The predicted molar refractivity (Wildman–Crippen MR) is 31.6 cm³/mol. The van der Waals surface area contributed by atoms with Crippen LogP contribution in [0.1, 0.15) is 13.3 Å². The summed E-state index contributed by atoms with van der Waals surface area (Å²) in [6.45, 7) is 2.23. The fourth-order valence-electron chi connectivity index (χ4n) is 0.278. The van der Waals surface area contributed by atoms with Gasteiger partial charge < -0.3 is 5.11 Å². The van der Waals surface area contributed by atoms with E-state index < -0.39 is 0 Å². The average molecular weight is 123 g/mol. The second-order valence-electron chi connectivity index (χ2n) is 1.77. The zero-order chi connectivity index (χ0) is 5.70. The van der Waals surface area contributed by atoms with E-state index in [1.807, 2.05) is 6.92 Å². The maximum Gasteiger partial charge on any atom is 0.0457 e. The van der Waals surface area contributed by atoms with Gasteiger partial charge in [0.25, 0.3) is 0 Å². The highest BCUT2D eigenvalue weighted by molar-refractivity contribution is 6.17. The highest BCUT2D eigenvalue weighted by Gasteiger charge is 1.94. The van der Waals surface area contributed by atoms with Gasteiger partial charge in [-0.05, 0) is 12.3 Å². The van der Waals surface area contributed by atoms with E-state index in [0.717, 1.165) is 6.42 Å². The Balaban J connectivity index is 2.83. The van der Waals surface area contributed by atoms with Crippen molar-refractivity contribution in [1.82, 2.24) is 0 Å². The number of aliphatic hydroxyl groups excluding tert-OH is 1. The van der Waals surface area contributed by atoms with Gasteiger partial charge in [0.15, 0.2) is 0 Å². The normalized spacial score (nSPS) is 14.1. The van der Waals surface area contributed by atoms with Gasteiger partial charge in [0.1, 0.15) is 0 Å². The smallest absolute Gasteiger partial charge is 0.0457 e. The zero-order valence-corrected chi connectivity index (χ0v) is 5.28. The van der Waals surface area contributed by atoms with Gasteiger partial charge in [-0.25, -0.2) is 0 Å². The number of aliphatic hydroxyl groups is 1. The highest BCUT2D eigenvalue weighted by atomic mass is 35.5. The molecule has 0 saturated heterocycles. The van der Waals surface area contributed by atoms with Crippen molar-refractivity contribution < 1.29 is 5.11 Å². The molecular weight excluding hydrogens is 112 g/mol. The van der Waals surface area contributed by atoms with Crippen LogP contribution in [-0.2, 0) is 0 Å². The van der Waals surface area contributed by atoms with Crippen LogP contribution in [0.2, 0.25) is 0 Å². The summed E-state index contributed by atoms with van der Waals surface area (Å²) in [7, 11) is 0. The molecule has 1 N–H and O–H groups in total. The molecule has 0 radical (unpaired) electrons. The van der Waals surface area contributed by atoms with Gasteiger partial charge in [0.05, 0.1) is 0 Å². The van der Waals surface area contributed by atoms with Crippen LogP contribution in [0.5, 0.6) is 0 Å². The molecule has 2 heteroatoms. The van der Waals surface area contributed by atoms with Crippen molar-refractivity contribution in [2.75, 3.05) is 12.5 Å². The molecule has 1 unspecified atom stereocenters. The fourth-order valence-corrected chi connectivity index (χ4v) is 0.650. The second-order valence-corrected chi connectivity index (χ2v) is 2.14. The summed E-state index contributed by atoms with van der Waals surface area (Å²) in [6, 6.07) is 0. The summed E-state index contributed by atoms with van der Waals surface area (Å²) in [5.74, 6) is 1.03. The van der Waals surface area contributed by atoms with Gasteiger partial charge in [-0.1, -0.05) is 6.92 Å². The molecule has 0 aliphatic carbocycles. The zero-order valence-electron chi connectivity index (χ0n) is 4.52. The summed E-state index contributed by atoms with van der Waals surface area (Å²) in [6.07, 6.45) is 0.915. The minimum atomic E-state index is 0.257. The molecule has 0 aromatic heterocycles. The topological polar surface area (TPSA) is 20.2 Å². The molecule has 0 saturated carbocycles. The van der Waals surface area contributed by atoms with E-state index in [4.69, 9.17) is 16.7 Å². The third-order valence-electron chi connectivity index (χ3n) is 0.914. The van der Waals surface area contributed by atoms with Crippen LogP contribution in [0.25, 0.3) is 0 Å². The van der Waals surface area contributed by atoms with Crippen molar-refractivity contribution in [1.29, 1.82) is 0 Å². The molecule has 0 aromatic carbocycles. The second kappa shape index (κ2) is 4.41. The third kappa shape index (κ3) is 4.10. The standard InChI is InChI=1S/C5H11ClO/c1-5(4-7)2-3-6/h5,7H,2-4H2,1H3. The van der Waals surface area contributed by atoms with Crippen molar-refractivity contribution in [3.63, 3.8) is 0 Å². The molecule has 0 aliphatic rings. The quantitative estimate of drug-likeness (QED) is 0.559. The van der Waals surface area contributed by atoms with E-state index in [9.17, 15) is 0 Å². The van der Waals surface area contributed by atoms with Crippen molar-refractivity contribution >= 4 is 11.6 Å². The molecule has 7 heavy (non-hydrogen) atoms. The lowest BCUT2D eigenvalue weighted by molar-refractivity contribution is 0.235. The third-order valence-corrected chi connectivity index (χ3v) is 1.13. The van der Waals surface area contributed by atoms with Crippen LogP contribution in [0.3, 0.4) is 0 Å². The van der Waals surface area contributed by atoms with Crippen molar-refractivity contribution in [3.05, 3.63) is 0 Å². The Morgan fingerprint density at radius 3 is 2.43 bits per heavy atom. The lowest BCUT2D eigenvalue weighted by atomic mass is 10.1. The van der Waals surface area contributed by atoms with Crippen LogP contribution in [0.4, 0.5) is 0 Å². The fraction of sp³-hybridized carbons (Fsp3) is 1.00. The summed E-state index contributed by atoms with van der Waals surface area (Å²) < 4.78 is 0. The number of halogens is 1. The van der Waals surface area contributed by atoms with Gasteiger partial charge in [-0.2, -0.15) is 0 Å². The molecule has 0 aromatic rings. The summed E-state index contributed by atoms with van der Waals surface area (Å²) in [5, 5.41) is 8.41. The summed E-state index contributed by atoms with van der Waals surface area (Å²) >= 11 is 5.36. The van der Waals surface area contributed by atoms with Crippen LogP contribution in [-0.4, -0.2) is 17.6 Å². The minimum absolute atomic E-state index is 0.257. The molecule has 0 rings (SSSR count). The highest BCUT2D eigenvalue weighted by Crippen LogP contribution is 1.99. The van der Waals surface area contributed by atoms with Crippen LogP contribution in [0, 0.1) is 5.92 Å². The Kier molecular flexibility index (Phi) is 4.57. The molecule has 0 spiro atoms. The molecule has 0 fully saturated rings. The van der Waals surface area contributed by atoms with Crippen LogP contribution < -0.4 is 0 Å². The Morgan fingerprint density at radius 2 is 2.29 bits per heavy atom. The molecule has 0 amide bonds.